The molecule has 5 aromatic rings. The van der Waals surface area contributed by atoms with Crippen LogP contribution in [0.3, 0.4) is 0 Å². The van der Waals surface area contributed by atoms with Crippen molar-refractivity contribution in [3.8, 4) is 11.3 Å². The molecule has 0 spiro atoms. The third-order valence-corrected chi connectivity index (χ3v) is 8.62. The van der Waals surface area contributed by atoms with E-state index in [0.717, 1.165) is 10.5 Å². The molecule has 0 aliphatic heterocycles. The molecule has 0 bridgehead atoms. The molecule has 5 rings (SSSR count). The maximum absolute atomic E-state index is 13.3. The van der Waals surface area contributed by atoms with Crippen LogP contribution in [0.15, 0.2) is 113 Å². The summed E-state index contributed by atoms with van der Waals surface area (Å²) >= 11 is 15.2. The largest absolute Gasteiger partial charge is 0.321 e. The van der Waals surface area contributed by atoms with E-state index < -0.39 is 11.8 Å². The van der Waals surface area contributed by atoms with Crippen LogP contribution in [0.4, 0.5) is 15.2 Å². The molecule has 0 saturated heterocycles. The molecule has 4 aromatic carbocycles. The third kappa shape index (κ3) is 8.80. The number of nitrogens with one attached hydrogen (secondary N) is 3. The average molecular weight is 678 g/mol. The van der Waals surface area contributed by atoms with E-state index in [2.05, 4.69) is 20.9 Å². The first kappa shape index (κ1) is 31.9. The van der Waals surface area contributed by atoms with Gasteiger partial charge in [0.15, 0.2) is 5.13 Å². The highest BCUT2D eigenvalue weighted by atomic mass is 35.5. The first-order valence-electron chi connectivity index (χ1n) is 13.3. The van der Waals surface area contributed by atoms with Gasteiger partial charge >= 0.3 is 0 Å². The van der Waals surface area contributed by atoms with Crippen LogP contribution in [0, 0.1) is 5.82 Å². The van der Waals surface area contributed by atoms with Crippen LogP contribution in [-0.2, 0) is 9.59 Å². The average Bonchev–Trinajstić information content (AvgIpc) is 3.51. The van der Waals surface area contributed by atoms with Crippen molar-refractivity contribution >= 4 is 80.9 Å². The number of thioether (sulfide) groups is 1. The lowest BCUT2D eigenvalue weighted by Gasteiger charge is -2.13. The van der Waals surface area contributed by atoms with Gasteiger partial charge in [-0.25, -0.2) is 9.37 Å². The Balaban J connectivity index is 1.20. The molecule has 3 amide bonds. The summed E-state index contributed by atoms with van der Waals surface area (Å²) in [7, 11) is 0. The van der Waals surface area contributed by atoms with Crippen LogP contribution < -0.4 is 16.0 Å². The molecule has 0 atom stereocenters. The van der Waals surface area contributed by atoms with Crippen molar-refractivity contribution in [2.75, 3.05) is 16.4 Å². The van der Waals surface area contributed by atoms with Gasteiger partial charge < -0.3 is 16.0 Å². The number of halogens is 3. The van der Waals surface area contributed by atoms with Gasteiger partial charge in [0.05, 0.1) is 11.4 Å². The van der Waals surface area contributed by atoms with E-state index in [0.29, 0.717) is 37.7 Å². The smallest absolute Gasteiger partial charge is 0.272 e. The van der Waals surface area contributed by atoms with Gasteiger partial charge in [-0.05, 0) is 78.9 Å². The first-order valence-corrected chi connectivity index (χ1v) is 15.9. The van der Waals surface area contributed by atoms with Crippen LogP contribution in [0.1, 0.15) is 15.9 Å². The molecular formula is C33H23Cl2FN4O3S2. The number of hydrogen-bond donors (Lipinski definition) is 3. The Morgan fingerprint density at radius 1 is 0.844 bits per heavy atom. The molecule has 7 nitrogen and oxygen atoms in total. The van der Waals surface area contributed by atoms with Gasteiger partial charge in [-0.15, -0.1) is 23.1 Å². The molecule has 12 heteroatoms. The topological polar surface area (TPSA) is 100 Å². The summed E-state index contributed by atoms with van der Waals surface area (Å²) in [5.41, 5.74) is 2.56. The molecular weight excluding hydrogens is 654 g/mol. The number of anilines is 2. The van der Waals surface area contributed by atoms with E-state index in [1.54, 1.807) is 90.3 Å². The molecule has 226 valence electrons. The molecule has 0 aliphatic carbocycles. The van der Waals surface area contributed by atoms with Gasteiger partial charge in [-0.3, -0.25) is 14.4 Å². The minimum atomic E-state index is -0.585. The van der Waals surface area contributed by atoms with Crippen LogP contribution in [0.2, 0.25) is 10.0 Å². The monoisotopic (exact) mass is 676 g/mol. The molecule has 45 heavy (non-hydrogen) atoms. The van der Waals surface area contributed by atoms with Crippen molar-refractivity contribution in [2.24, 2.45) is 0 Å². The lowest BCUT2D eigenvalue weighted by atomic mass is 10.1. The number of amides is 3. The highest BCUT2D eigenvalue weighted by molar-refractivity contribution is 8.00. The summed E-state index contributed by atoms with van der Waals surface area (Å²) < 4.78 is 13.2. The quantitative estimate of drug-likeness (QED) is 0.102. The Bertz CT molecular complexity index is 1850. The number of aromatic nitrogens is 1. The highest BCUT2D eigenvalue weighted by Crippen LogP contribution is 2.28. The molecule has 0 saturated carbocycles. The zero-order chi connectivity index (χ0) is 31.8. The summed E-state index contributed by atoms with van der Waals surface area (Å²) in [5, 5.41) is 11.1. The molecule has 1 heterocycles. The van der Waals surface area contributed by atoms with E-state index >= 15 is 0 Å². The van der Waals surface area contributed by atoms with Gasteiger partial charge in [0, 0.05) is 42.7 Å². The molecule has 0 fully saturated rings. The fourth-order valence-electron chi connectivity index (χ4n) is 3.96. The second kappa shape index (κ2) is 15.0. The molecule has 0 unspecified atom stereocenters. The fraction of sp³-hybridized carbons (Fsp3) is 0.0303. The lowest BCUT2D eigenvalue weighted by Crippen LogP contribution is -2.30. The molecule has 0 radical (unpaired) electrons. The highest BCUT2D eigenvalue weighted by Gasteiger charge is 2.17. The number of benzene rings is 4. The van der Waals surface area contributed by atoms with E-state index in [4.69, 9.17) is 23.2 Å². The molecule has 0 aliphatic rings. The Morgan fingerprint density at radius 3 is 2.22 bits per heavy atom. The van der Waals surface area contributed by atoms with Gasteiger partial charge in [0.25, 0.3) is 11.8 Å². The zero-order valence-corrected chi connectivity index (χ0v) is 26.4. The van der Waals surface area contributed by atoms with Gasteiger partial charge in [0.2, 0.25) is 5.91 Å². The second-order valence-electron chi connectivity index (χ2n) is 9.37. The number of rotatable bonds is 10. The van der Waals surface area contributed by atoms with Crippen molar-refractivity contribution < 1.29 is 18.8 Å². The van der Waals surface area contributed by atoms with E-state index in [9.17, 15) is 18.8 Å². The van der Waals surface area contributed by atoms with E-state index in [1.807, 2.05) is 0 Å². The van der Waals surface area contributed by atoms with Gasteiger partial charge in [-0.2, -0.15) is 0 Å². The normalized spacial score (nSPS) is 11.1. The van der Waals surface area contributed by atoms with E-state index in [1.165, 1.54) is 41.3 Å². The third-order valence-electron chi connectivity index (χ3n) is 6.19. The Labute approximate surface area is 276 Å². The number of hydrogen-bond acceptors (Lipinski definition) is 6. The summed E-state index contributed by atoms with van der Waals surface area (Å²) in [6, 6.07) is 26.3. The van der Waals surface area contributed by atoms with Gasteiger partial charge in [0.1, 0.15) is 11.5 Å². The maximum Gasteiger partial charge on any atom is 0.272 e. The number of carbonyl (C=O) groups is 3. The summed E-state index contributed by atoms with van der Waals surface area (Å²) in [4.78, 5) is 43.9. The molecule has 3 N–H and O–H groups in total. The van der Waals surface area contributed by atoms with Gasteiger partial charge in [-0.1, -0.05) is 47.5 Å². The first-order chi connectivity index (χ1) is 21.7. The number of thiazole rings is 1. The van der Waals surface area contributed by atoms with Crippen molar-refractivity contribution in [1.29, 1.82) is 0 Å². The number of carbonyl (C=O) groups excluding carboxylic acids is 3. The minimum Gasteiger partial charge on any atom is -0.321 e. The van der Waals surface area contributed by atoms with Crippen molar-refractivity contribution in [1.82, 2.24) is 10.3 Å². The van der Waals surface area contributed by atoms with Crippen molar-refractivity contribution in [3.05, 3.63) is 135 Å². The van der Waals surface area contributed by atoms with Crippen LogP contribution in [0.25, 0.3) is 17.3 Å². The summed E-state index contributed by atoms with van der Waals surface area (Å²) in [6.07, 6.45) is 1.43. The van der Waals surface area contributed by atoms with E-state index in [-0.39, 0.29) is 23.2 Å². The standard InChI is InChI=1S/C33H23Cl2FN4O3S2/c34-26-7-4-8-27(35)25(26)17-28(38-31(42)21-5-2-1-3-6-21)32(43)37-23-13-15-24(16-14-23)44-19-30(41)40-33-39-29(18-45-33)20-9-11-22(36)12-10-20/h1-18H,19H2,(H,37,43)(H,38,42)(H,39,40,41)/b28-17-. The molecule has 1 aromatic heterocycles. The maximum atomic E-state index is 13.3. The van der Waals surface area contributed by atoms with Crippen LogP contribution >= 0.6 is 46.3 Å². The van der Waals surface area contributed by atoms with Crippen LogP contribution in [-0.4, -0.2) is 28.5 Å². The van der Waals surface area contributed by atoms with Crippen molar-refractivity contribution in [3.63, 3.8) is 0 Å². The fourth-order valence-corrected chi connectivity index (χ4v) is 5.90. The number of nitrogens with zero attached hydrogens (tertiary/aromatic N) is 1. The Hall–Kier alpha value is -4.48. The zero-order valence-electron chi connectivity index (χ0n) is 23.2. The minimum absolute atomic E-state index is 0.0567. The second-order valence-corrected chi connectivity index (χ2v) is 12.1. The Morgan fingerprint density at radius 2 is 1.53 bits per heavy atom. The lowest BCUT2D eigenvalue weighted by molar-refractivity contribution is -0.114. The summed E-state index contributed by atoms with van der Waals surface area (Å²) in [5.74, 6) is -1.50. The Kier molecular flexibility index (Phi) is 10.6. The van der Waals surface area contributed by atoms with Crippen molar-refractivity contribution in [2.45, 2.75) is 4.90 Å². The SMILES string of the molecule is O=C(CSc1ccc(NC(=O)/C(=C/c2c(Cl)cccc2Cl)NC(=O)c2ccccc2)cc1)Nc1nc(-c2ccc(F)cc2)cs1. The summed E-state index contributed by atoms with van der Waals surface area (Å²) in [6.45, 7) is 0. The predicted octanol–water partition coefficient (Wildman–Crippen LogP) is 8.40. The predicted molar refractivity (Wildman–Crippen MR) is 180 cm³/mol. The van der Waals surface area contributed by atoms with Crippen LogP contribution in [0.5, 0.6) is 0 Å².